The first-order valence-electron chi connectivity index (χ1n) is 4.66. The standard InChI is InChI=1S/C11H9NO3/c1-7-4-10(15-12-7)8-2-3-9-11(5-8)14-6-13-9/h2-5H,6H2,1H3. The predicted octanol–water partition coefficient (Wildman–Crippen LogP) is 2.38. The predicted molar refractivity (Wildman–Crippen MR) is 52.8 cm³/mol. The van der Waals surface area contributed by atoms with E-state index in [9.17, 15) is 0 Å². The van der Waals surface area contributed by atoms with Gasteiger partial charge in [-0.2, -0.15) is 0 Å². The van der Waals surface area contributed by atoms with Crippen LogP contribution in [0, 0.1) is 6.92 Å². The van der Waals surface area contributed by atoms with E-state index in [1.165, 1.54) is 0 Å². The minimum atomic E-state index is 0.286. The van der Waals surface area contributed by atoms with Crippen LogP contribution in [-0.2, 0) is 0 Å². The van der Waals surface area contributed by atoms with Gasteiger partial charge in [0.2, 0.25) is 6.79 Å². The zero-order chi connectivity index (χ0) is 10.3. The first-order chi connectivity index (χ1) is 7.33. The van der Waals surface area contributed by atoms with E-state index in [0.29, 0.717) is 0 Å². The van der Waals surface area contributed by atoms with Gasteiger partial charge in [-0.15, -0.1) is 0 Å². The molecule has 0 spiro atoms. The number of aryl methyl sites for hydroxylation is 1. The fraction of sp³-hybridized carbons (Fsp3) is 0.182. The molecule has 1 aromatic heterocycles. The van der Waals surface area contributed by atoms with Gasteiger partial charge < -0.3 is 14.0 Å². The normalized spacial score (nSPS) is 13.1. The summed E-state index contributed by atoms with van der Waals surface area (Å²) >= 11 is 0. The lowest BCUT2D eigenvalue weighted by molar-refractivity contribution is 0.174. The molecule has 0 N–H and O–H groups in total. The van der Waals surface area contributed by atoms with Gasteiger partial charge in [-0.05, 0) is 25.1 Å². The fourth-order valence-corrected chi connectivity index (χ4v) is 1.55. The third kappa shape index (κ3) is 1.34. The number of nitrogens with zero attached hydrogens (tertiary/aromatic N) is 1. The van der Waals surface area contributed by atoms with E-state index in [4.69, 9.17) is 14.0 Å². The van der Waals surface area contributed by atoms with E-state index in [2.05, 4.69) is 5.16 Å². The molecule has 2 aromatic rings. The molecule has 15 heavy (non-hydrogen) atoms. The summed E-state index contributed by atoms with van der Waals surface area (Å²) in [7, 11) is 0. The molecule has 0 saturated heterocycles. The van der Waals surface area contributed by atoms with E-state index in [1.807, 2.05) is 31.2 Å². The Bertz CT molecular complexity index is 504. The van der Waals surface area contributed by atoms with Gasteiger partial charge in [-0.3, -0.25) is 0 Å². The molecule has 0 aliphatic carbocycles. The van der Waals surface area contributed by atoms with E-state index in [-0.39, 0.29) is 6.79 Å². The largest absolute Gasteiger partial charge is 0.454 e. The molecular formula is C11H9NO3. The number of fused-ring (bicyclic) bond motifs is 1. The lowest BCUT2D eigenvalue weighted by Crippen LogP contribution is -1.92. The minimum Gasteiger partial charge on any atom is -0.454 e. The maximum Gasteiger partial charge on any atom is 0.231 e. The van der Waals surface area contributed by atoms with Crippen molar-refractivity contribution in [1.29, 1.82) is 0 Å². The summed E-state index contributed by atoms with van der Waals surface area (Å²) in [6.45, 7) is 2.17. The quantitative estimate of drug-likeness (QED) is 0.713. The number of benzene rings is 1. The summed E-state index contributed by atoms with van der Waals surface area (Å²) in [6, 6.07) is 7.57. The average molecular weight is 203 g/mol. The molecule has 0 amide bonds. The second kappa shape index (κ2) is 3.02. The van der Waals surface area contributed by atoms with Crippen LogP contribution in [-0.4, -0.2) is 11.9 Å². The van der Waals surface area contributed by atoms with Crippen molar-refractivity contribution in [3.8, 4) is 22.8 Å². The summed E-state index contributed by atoms with van der Waals surface area (Å²) in [4.78, 5) is 0. The molecule has 0 atom stereocenters. The molecule has 3 rings (SSSR count). The third-order valence-corrected chi connectivity index (χ3v) is 2.29. The molecule has 0 bridgehead atoms. The SMILES string of the molecule is Cc1cc(-c2ccc3c(c2)OCO3)on1. The average Bonchev–Trinajstić information content (AvgIpc) is 2.84. The van der Waals surface area contributed by atoms with E-state index in [1.54, 1.807) is 0 Å². The minimum absolute atomic E-state index is 0.286. The first-order valence-corrected chi connectivity index (χ1v) is 4.66. The van der Waals surface area contributed by atoms with Gasteiger partial charge in [-0.25, -0.2) is 0 Å². The molecule has 2 heterocycles. The second-order valence-electron chi connectivity index (χ2n) is 3.40. The maximum atomic E-state index is 5.28. The Morgan fingerprint density at radius 1 is 1.13 bits per heavy atom. The van der Waals surface area contributed by atoms with Crippen molar-refractivity contribution in [1.82, 2.24) is 5.16 Å². The Kier molecular flexibility index (Phi) is 1.68. The van der Waals surface area contributed by atoms with Gasteiger partial charge in [0.25, 0.3) is 0 Å². The van der Waals surface area contributed by atoms with Crippen LogP contribution in [0.2, 0.25) is 0 Å². The van der Waals surface area contributed by atoms with Crippen LogP contribution in [0.4, 0.5) is 0 Å². The first kappa shape index (κ1) is 8.35. The number of aromatic nitrogens is 1. The monoisotopic (exact) mass is 203 g/mol. The van der Waals surface area contributed by atoms with Gasteiger partial charge in [0.1, 0.15) is 0 Å². The molecule has 1 aliphatic heterocycles. The highest BCUT2D eigenvalue weighted by Crippen LogP contribution is 2.35. The van der Waals surface area contributed by atoms with Gasteiger partial charge in [0, 0.05) is 11.6 Å². The van der Waals surface area contributed by atoms with Crippen LogP contribution in [0.15, 0.2) is 28.8 Å². The molecule has 1 aliphatic rings. The molecule has 0 saturated carbocycles. The van der Waals surface area contributed by atoms with Crippen LogP contribution >= 0.6 is 0 Å². The molecule has 4 heteroatoms. The van der Waals surface area contributed by atoms with Crippen molar-refractivity contribution >= 4 is 0 Å². The highest BCUT2D eigenvalue weighted by atomic mass is 16.7. The Morgan fingerprint density at radius 3 is 2.80 bits per heavy atom. The topological polar surface area (TPSA) is 44.5 Å². The Morgan fingerprint density at radius 2 is 2.00 bits per heavy atom. The van der Waals surface area contributed by atoms with E-state index < -0.39 is 0 Å². The lowest BCUT2D eigenvalue weighted by Gasteiger charge is -1.98. The van der Waals surface area contributed by atoms with E-state index >= 15 is 0 Å². The molecule has 76 valence electrons. The number of ether oxygens (including phenoxy) is 2. The molecule has 4 nitrogen and oxygen atoms in total. The molecule has 0 radical (unpaired) electrons. The summed E-state index contributed by atoms with van der Waals surface area (Å²) in [6.07, 6.45) is 0. The zero-order valence-corrected chi connectivity index (χ0v) is 8.19. The third-order valence-electron chi connectivity index (χ3n) is 2.29. The zero-order valence-electron chi connectivity index (χ0n) is 8.19. The van der Waals surface area contributed by atoms with Crippen LogP contribution < -0.4 is 9.47 Å². The Hall–Kier alpha value is -1.97. The summed E-state index contributed by atoms with van der Waals surface area (Å²) in [5.74, 6) is 2.27. The number of hydrogen-bond donors (Lipinski definition) is 0. The summed E-state index contributed by atoms with van der Waals surface area (Å²) < 4.78 is 15.7. The number of rotatable bonds is 1. The van der Waals surface area contributed by atoms with E-state index in [0.717, 1.165) is 28.5 Å². The van der Waals surface area contributed by atoms with Crippen LogP contribution in [0.1, 0.15) is 5.69 Å². The van der Waals surface area contributed by atoms with Gasteiger partial charge in [0.15, 0.2) is 17.3 Å². The van der Waals surface area contributed by atoms with Crippen molar-refractivity contribution < 1.29 is 14.0 Å². The maximum absolute atomic E-state index is 5.28. The Balaban J connectivity index is 2.06. The fourth-order valence-electron chi connectivity index (χ4n) is 1.55. The second-order valence-corrected chi connectivity index (χ2v) is 3.40. The van der Waals surface area contributed by atoms with Crippen molar-refractivity contribution in [2.24, 2.45) is 0 Å². The molecular weight excluding hydrogens is 194 g/mol. The summed E-state index contributed by atoms with van der Waals surface area (Å²) in [5.41, 5.74) is 1.81. The molecule has 0 unspecified atom stereocenters. The highest BCUT2D eigenvalue weighted by molar-refractivity contribution is 5.63. The van der Waals surface area contributed by atoms with Crippen molar-refractivity contribution in [3.63, 3.8) is 0 Å². The van der Waals surface area contributed by atoms with Gasteiger partial charge in [0.05, 0.1) is 5.69 Å². The smallest absolute Gasteiger partial charge is 0.231 e. The molecule has 0 fully saturated rings. The van der Waals surface area contributed by atoms with Crippen molar-refractivity contribution in [2.45, 2.75) is 6.92 Å². The molecule has 1 aromatic carbocycles. The highest BCUT2D eigenvalue weighted by Gasteiger charge is 2.15. The van der Waals surface area contributed by atoms with Crippen LogP contribution in [0.3, 0.4) is 0 Å². The van der Waals surface area contributed by atoms with Crippen molar-refractivity contribution in [2.75, 3.05) is 6.79 Å². The van der Waals surface area contributed by atoms with Crippen LogP contribution in [0.5, 0.6) is 11.5 Å². The van der Waals surface area contributed by atoms with Gasteiger partial charge in [-0.1, -0.05) is 5.16 Å². The van der Waals surface area contributed by atoms with Crippen molar-refractivity contribution in [3.05, 3.63) is 30.0 Å². The number of hydrogen-bond acceptors (Lipinski definition) is 4. The lowest BCUT2D eigenvalue weighted by atomic mass is 10.1. The Labute approximate surface area is 86.4 Å². The van der Waals surface area contributed by atoms with Crippen LogP contribution in [0.25, 0.3) is 11.3 Å². The summed E-state index contributed by atoms with van der Waals surface area (Å²) in [5, 5.41) is 3.84. The van der Waals surface area contributed by atoms with Gasteiger partial charge >= 0.3 is 0 Å².